The summed E-state index contributed by atoms with van der Waals surface area (Å²) in [5.41, 5.74) is 2.08. The molecule has 0 aliphatic carbocycles. The van der Waals surface area contributed by atoms with E-state index in [9.17, 15) is 9.59 Å². The van der Waals surface area contributed by atoms with Crippen LogP contribution >= 0.6 is 0 Å². The minimum Gasteiger partial charge on any atom is -0.311 e. The summed E-state index contributed by atoms with van der Waals surface area (Å²) in [5.74, 6) is 0.262. The molecular weight excluding hydrogens is 220 g/mol. The van der Waals surface area contributed by atoms with Gasteiger partial charge in [0.1, 0.15) is 0 Å². The van der Waals surface area contributed by atoms with Crippen molar-refractivity contribution in [3.63, 3.8) is 0 Å². The molecule has 0 bridgehead atoms. The van der Waals surface area contributed by atoms with E-state index >= 15 is 0 Å². The second kappa shape index (κ2) is 3.81. The first-order valence-electron chi connectivity index (χ1n) is 5.55. The Bertz CT molecular complexity index is 518. The van der Waals surface area contributed by atoms with Gasteiger partial charge in [-0.15, -0.1) is 0 Å². The predicted molar refractivity (Wildman–Crippen MR) is 60.2 cm³/mol. The van der Waals surface area contributed by atoms with Gasteiger partial charge in [-0.2, -0.15) is 5.10 Å². The molecule has 0 saturated heterocycles. The molecule has 3 rings (SSSR count). The minimum absolute atomic E-state index is 0.0730. The number of nitrogens with one attached hydrogen (secondary N) is 2. The Morgan fingerprint density at radius 2 is 2.24 bits per heavy atom. The lowest BCUT2D eigenvalue weighted by molar-refractivity contribution is -0.124. The molecule has 0 aromatic carbocycles. The van der Waals surface area contributed by atoms with Gasteiger partial charge in [0.05, 0.1) is 12.1 Å². The van der Waals surface area contributed by atoms with Gasteiger partial charge >= 0.3 is 0 Å². The van der Waals surface area contributed by atoms with E-state index < -0.39 is 0 Å². The van der Waals surface area contributed by atoms with E-state index in [1.807, 2.05) is 0 Å². The number of carbonyl (C=O) groups excluding carboxylic acids is 2. The molecule has 0 fully saturated rings. The number of ketones is 1. The fourth-order valence-corrected chi connectivity index (χ4v) is 2.15. The fraction of sp³-hybridized carbons (Fsp3) is 0.364. The monoisotopic (exact) mass is 232 g/mol. The molecule has 1 aromatic heterocycles. The average Bonchev–Trinajstić information content (AvgIpc) is 2.73. The van der Waals surface area contributed by atoms with Crippen LogP contribution in [-0.2, 0) is 22.6 Å². The van der Waals surface area contributed by atoms with Crippen molar-refractivity contribution < 1.29 is 9.59 Å². The van der Waals surface area contributed by atoms with Crippen molar-refractivity contribution in [3.05, 3.63) is 23.5 Å². The van der Waals surface area contributed by atoms with Gasteiger partial charge in [0.25, 0.3) is 0 Å². The van der Waals surface area contributed by atoms with Crippen LogP contribution in [0.4, 0.5) is 5.82 Å². The summed E-state index contributed by atoms with van der Waals surface area (Å²) < 4.78 is 0. The van der Waals surface area contributed by atoms with Crippen molar-refractivity contribution in [2.75, 3.05) is 11.4 Å². The SMILES string of the molecule is O=C1C=CN(c2n[nH]c3c2CCNC3)C(=O)C1. The highest BCUT2D eigenvalue weighted by atomic mass is 16.2. The molecule has 0 radical (unpaired) electrons. The van der Waals surface area contributed by atoms with E-state index in [2.05, 4.69) is 15.5 Å². The van der Waals surface area contributed by atoms with Crippen molar-refractivity contribution >= 4 is 17.5 Å². The molecule has 0 atom stereocenters. The highest BCUT2D eigenvalue weighted by Crippen LogP contribution is 2.25. The van der Waals surface area contributed by atoms with E-state index in [1.54, 1.807) is 0 Å². The molecule has 0 spiro atoms. The number of amides is 1. The lowest BCUT2D eigenvalue weighted by Crippen LogP contribution is -2.32. The topological polar surface area (TPSA) is 78.1 Å². The number of aromatic nitrogens is 2. The van der Waals surface area contributed by atoms with Gasteiger partial charge < -0.3 is 5.32 Å². The van der Waals surface area contributed by atoms with Crippen molar-refractivity contribution in [3.8, 4) is 0 Å². The third-order valence-corrected chi connectivity index (χ3v) is 3.02. The van der Waals surface area contributed by atoms with E-state index in [0.29, 0.717) is 5.82 Å². The van der Waals surface area contributed by atoms with Crippen LogP contribution in [0, 0.1) is 0 Å². The Labute approximate surface area is 97.7 Å². The van der Waals surface area contributed by atoms with Gasteiger partial charge in [0.2, 0.25) is 5.91 Å². The highest BCUT2D eigenvalue weighted by molar-refractivity contribution is 6.13. The molecule has 2 aliphatic heterocycles. The zero-order valence-corrected chi connectivity index (χ0v) is 9.19. The summed E-state index contributed by atoms with van der Waals surface area (Å²) in [4.78, 5) is 24.3. The molecule has 1 amide bonds. The molecule has 6 heteroatoms. The number of carbonyl (C=O) groups is 2. The molecule has 3 heterocycles. The van der Waals surface area contributed by atoms with Crippen LogP contribution in [0.2, 0.25) is 0 Å². The number of rotatable bonds is 1. The number of allylic oxidation sites excluding steroid dienone is 1. The molecule has 1 aromatic rings. The van der Waals surface area contributed by atoms with Gasteiger partial charge in [-0.1, -0.05) is 0 Å². The summed E-state index contributed by atoms with van der Waals surface area (Å²) in [6, 6.07) is 0. The zero-order chi connectivity index (χ0) is 11.8. The van der Waals surface area contributed by atoms with E-state index in [-0.39, 0.29) is 18.1 Å². The number of fused-ring (bicyclic) bond motifs is 1. The standard InChI is InChI=1S/C11H12N4O2/c16-7-2-4-15(10(17)5-7)11-8-1-3-12-6-9(8)13-14-11/h2,4,12H,1,3,5-6H2,(H,13,14). The predicted octanol–water partition coefficient (Wildman–Crippen LogP) is -0.125. The quantitative estimate of drug-likeness (QED) is 0.661. The maximum absolute atomic E-state index is 11.8. The lowest BCUT2D eigenvalue weighted by Gasteiger charge is -2.21. The molecule has 0 unspecified atom stereocenters. The van der Waals surface area contributed by atoms with Gasteiger partial charge in [-0.3, -0.25) is 19.6 Å². The van der Waals surface area contributed by atoms with Crippen LogP contribution in [0.15, 0.2) is 12.3 Å². The maximum Gasteiger partial charge on any atom is 0.240 e. The van der Waals surface area contributed by atoms with Crippen molar-refractivity contribution in [1.29, 1.82) is 0 Å². The van der Waals surface area contributed by atoms with Crippen LogP contribution in [0.1, 0.15) is 17.7 Å². The summed E-state index contributed by atoms with van der Waals surface area (Å²) >= 11 is 0. The minimum atomic E-state index is -0.217. The van der Waals surface area contributed by atoms with E-state index in [4.69, 9.17) is 0 Å². The highest BCUT2D eigenvalue weighted by Gasteiger charge is 2.26. The number of hydrogen-bond donors (Lipinski definition) is 2. The molecule has 17 heavy (non-hydrogen) atoms. The van der Waals surface area contributed by atoms with Crippen LogP contribution < -0.4 is 10.2 Å². The third kappa shape index (κ3) is 1.66. The van der Waals surface area contributed by atoms with Gasteiger partial charge in [0.15, 0.2) is 11.6 Å². The number of anilines is 1. The van der Waals surface area contributed by atoms with Crippen LogP contribution in [0.5, 0.6) is 0 Å². The summed E-state index contributed by atoms with van der Waals surface area (Å²) in [6.07, 6.45) is 3.69. The smallest absolute Gasteiger partial charge is 0.240 e. The first-order chi connectivity index (χ1) is 8.25. The first-order valence-corrected chi connectivity index (χ1v) is 5.55. The molecule has 2 aliphatic rings. The third-order valence-electron chi connectivity index (χ3n) is 3.02. The largest absolute Gasteiger partial charge is 0.311 e. The second-order valence-corrected chi connectivity index (χ2v) is 4.15. The Hall–Kier alpha value is -1.95. The number of H-pyrrole nitrogens is 1. The van der Waals surface area contributed by atoms with Gasteiger partial charge in [-0.25, -0.2) is 0 Å². The first kappa shape index (κ1) is 10.2. The van der Waals surface area contributed by atoms with Crippen LogP contribution in [0.3, 0.4) is 0 Å². The summed E-state index contributed by atoms with van der Waals surface area (Å²) in [7, 11) is 0. The normalized spacial score (nSPS) is 19.6. The molecule has 6 nitrogen and oxygen atoms in total. The summed E-state index contributed by atoms with van der Waals surface area (Å²) in [5, 5.41) is 10.3. The average molecular weight is 232 g/mol. The maximum atomic E-state index is 11.8. The number of nitrogens with zero attached hydrogens (tertiary/aromatic N) is 2. The Morgan fingerprint density at radius 3 is 3.06 bits per heavy atom. The molecular formula is C11H12N4O2. The van der Waals surface area contributed by atoms with E-state index in [0.717, 1.165) is 30.8 Å². The van der Waals surface area contributed by atoms with Gasteiger partial charge in [-0.05, 0) is 19.0 Å². The number of aromatic amines is 1. The van der Waals surface area contributed by atoms with Crippen molar-refractivity contribution in [2.45, 2.75) is 19.4 Å². The lowest BCUT2D eigenvalue weighted by atomic mass is 10.1. The molecule has 88 valence electrons. The Kier molecular flexibility index (Phi) is 2.29. The van der Waals surface area contributed by atoms with Crippen LogP contribution in [-0.4, -0.2) is 28.4 Å². The molecule has 2 N–H and O–H groups in total. The Morgan fingerprint density at radius 1 is 1.35 bits per heavy atom. The molecule has 0 saturated carbocycles. The Balaban J connectivity index is 1.99. The summed E-state index contributed by atoms with van der Waals surface area (Å²) in [6.45, 7) is 1.62. The zero-order valence-electron chi connectivity index (χ0n) is 9.19. The fourth-order valence-electron chi connectivity index (χ4n) is 2.15. The van der Waals surface area contributed by atoms with Crippen molar-refractivity contribution in [2.24, 2.45) is 0 Å². The van der Waals surface area contributed by atoms with E-state index in [1.165, 1.54) is 17.2 Å². The van der Waals surface area contributed by atoms with Gasteiger partial charge in [0, 0.05) is 18.3 Å². The number of hydrogen-bond acceptors (Lipinski definition) is 4. The second-order valence-electron chi connectivity index (χ2n) is 4.15. The van der Waals surface area contributed by atoms with Crippen molar-refractivity contribution in [1.82, 2.24) is 15.5 Å². The van der Waals surface area contributed by atoms with Crippen LogP contribution in [0.25, 0.3) is 0 Å².